The minimum atomic E-state index is -3.55. The highest BCUT2D eigenvalue weighted by Gasteiger charge is 2.34. The zero-order valence-electron chi connectivity index (χ0n) is 16.3. The largest absolute Gasteiger partial charge is 0.349 e. The topological polar surface area (TPSA) is 78.5 Å². The third kappa shape index (κ3) is 4.37. The summed E-state index contributed by atoms with van der Waals surface area (Å²) in [5.74, 6) is -0.170. The number of piperidine rings is 2. The highest BCUT2D eigenvalue weighted by Crippen LogP contribution is 2.28. The monoisotopic (exact) mass is 427 g/mol. The third-order valence-electron chi connectivity index (χ3n) is 6.19. The van der Waals surface area contributed by atoms with Gasteiger partial charge in [0.1, 0.15) is 0 Å². The normalized spacial score (nSPS) is 27.8. The van der Waals surface area contributed by atoms with Crippen LogP contribution in [-0.4, -0.2) is 49.8 Å². The second-order valence-corrected chi connectivity index (χ2v) is 10.1. The van der Waals surface area contributed by atoms with Gasteiger partial charge in [-0.1, -0.05) is 12.5 Å². The summed E-state index contributed by atoms with van der Waals surface area (Å²) in [4.78, 5) is 13.0. The molecule has 156 valence electrons. The van der Waals surface area contributed by atoms with Gasteiger partial charge in [0.25, 0.3) is 5.91 Å². The van der Waals surface area contributed by atoms with Gasteiger partial charge in [0.15, 0.2) is 0 Å². The summed E-state index contributed by atoms with van der Waals surface area (Å²) in [6.07, 6.45) is 7.14. The van der Waals surface area contributed by atoms with Crippen molar-refractivity contribution >= 4 is 28.3 Å². The first kappa shape index (κ1) is 21.6. The minimum absolute atomic E-state index is 0. The first-order valence-corrected chi connectivity index (χ1v) is 11.6. The Bertz CT molecular complexity index is 812. The summed E-state index contributed by atoms with van der Waals surface area (Å²) >= 11 is 0. The number of fused-ring (bicyclic) bond motifs is 2. The van der Waals surface area contributed by atoms with Crippen LogP contribution in [0.3, 0.4) is 0 Å². The maximum absolute atomic E-state index is 13.1. The van der Waals surface area contributed by atoms with Gasteiger partial charge in [0.05, 0.1) is 4.90 Å². The highest BCUT2D eigenvalue weighted by atomic mass is 35.5. The van der Waals surface area contributed by atoms with Gasteiger partial charge in [-0.15, -0.1) is 12.4 Å². The lowest BCUT2D eigenvalue weighted by molar-refractivity contribution is 0.0923. The van der Waals surface area contributed by atoms with E-state index < -0.39 is 10.0 Å². The van der Waals surface area contributed by atoms with E-state index in [0.717, 1.165) is 32.1 Å². The van der Waals surface area contributed by atoms with Gasteiger partial charge in [0, 0.05) is 36.8 Å². The Morgan fingerprint density at radius 2 is 1.75 bits per heavy atom. The number of nitrogens with one attached hydrogen (secondary N) is 2. The SMILES string of the molecule is Cc1ccc(C(=O)NC2CC3CCC(C2)N3)cc1S(=O)(=O)N1CCCCC1.Cl. The second-order valence-electron chi connectivity index (χ2n) is 8.22. The molecule has 2 atom stereocenters. The number of carbonyl (C=O) groups is 1. The van der Waals surface area contributed by atoms with Crippen molar-refractivity contribution in [1.82, 2.24) is 14.9 Å². The molecule has 8 heteroatoms. The van der Waals surface area contributed by atoms with Crippen molar-refractivity contribution in [2.24, 2.45) is 0 Å². The number of halogens is 1. The van der Waals surface area contributed by atoms with E-state index in [-0.39, 0.29) is 29.3 Å². The summed E-state index contributed by atoms with van der Waals surface area (Å²) in [6.45, 7) is 2.93. The molecule has 3 fully saturated rings. The molecule has 3 saturated heterocycles. The third-order valence-corrected chi connectivity index (χ3v) is 8.23. The molecule has 3 heterocycles. The molecular formula is C20H30ClN3O3S. The molecule has 1 aromatic carbocycles. The van der Waals surface area contributed by atoms with E-state index in [4.69, 9.17) is 0 Å². The van der Waals surface area contributed by atoms with Crippen LogP contribution in [0.15, 0.2) is 23.1 Å². The minimum Gasteiger partial charge on any atom is -0.349 e. The Balaban J connectivity index is 0.00000225. The number of amides is 1. The number of aryl methyl sites for hydroxylation is 1. The van der Waals surface area contributed by atoms with E-state index in [1.807, 2.05) is 0 Å². The molecule has 28 heavy (non-hydrogen) atoms. The molecule has 1 amide bonds. The number of carbonyl (C=O) groups excluding carboxylic acids is 1. The van der Waals surface area contributed by atoms with Gasteiger partial charge in [-0.2, -0.15) is 4.31 Å². The molecule has 3 aliphatic rings. The quantitative estimate of drug-likeness (QED) is 0.774. The number of hydrogen-bond donors (Lipinski definition) is 2. The summed E-state index contributed by atoms with van der Waals surface area (Å²) in [5.41, 5.74) is 1.12. The van der Waals surface area contributed by atoms with Crippen LogP contribution >= 0.6 is 12.4 Å². The van der Waals surface area contributed by atoms with Gasteiger partial charge in [-0.25, -0.2) is 8.42 Å². The standard InChI is InChI=1S/C20H29N3O3S.ClH/c1-14-5-6-15(11-19(14)27(25,26)23-9-3-2-4-10-23)20(24)22-18-12-16-7-8-17(13-18)21-16;/h5-6,11,16-18,21H,2-4,7-10,12-13H2,1H3,(H,22,24);1H. The Morgan fingerprint density at radius 3 is 2.39 bits per heavy atom. The van der Waals surface area contributed by atoms with Crippen LogP contribution < -0.4 is 10.6 Å². The van der Waals surface area contributed by atoms with Crippen LogP contribution in [0, 0.1) is 6.92 Å². The molecule has 0 aliphatic carbocycles. The number of sulfonamides is 1. The van der Waals surface area contributed by atoms with Crippen molar-refractivity contribution in [1.29, 1.82) is 0 Å². The molecule has 1 aromatic rings. The van der Waals surface area contributed by atoms with Gasteiger partial charge >= 0.3 is 0 Å². The van der Waals surface area contributed by atoms with Crippen LogP contribution in [0.5, 0.6) is 0 Å². The molecule has 2 N–H and O–H groups in total. The molecule has 0 aromatic heterocycles. The average molecular weight is 428 g/mol. The Hall–Kier alpha value is -1.15. The summed E-state index contributed by atoms with van der Waals surface area (Å²) < 4.78 is 27.7. The van der Waals surface area contributed by atoms with Gasteiger partial charge in [-0.05, 0) is 63.1 Å². The predicted octanol–water partition coefficient (Wildman–Crippen LogP) is 2.60. The van der Waals surface area contributed by atoms with Gasteiger partial charge < -0.3 is 10.6 Å². The second kappa shape index (κ2) is 8.69. The Kier molecular flexibility index (Phi) is 6.69. The molecule has 6 nitrogen and oxygen atoms in total. The first-order valence-electron chi connectivity index (χ1n) is 10.1. The Morgan fingerprint density at radius 1 is 1.11 bits per heavy atom. The maximum Gasteiger partial charge on any atom is 0.251 e. The lowest BCUT2D eigenvalue weighted by Crippen LogP contribution is -2.48. The predicted molar refractivity (Wildman–Crippen MR) is 111 cm³/mol. The number of rotatable bonds is 4. The summed E-state index contributed by atoms with van der Waals surface area (Å²) in [6, 6.07) is 6.21. The van der Waals surface area contributed by atoms with Crippen LogP contribution in [0.2, 0.25) is 0 Å². The lowest BCUT2D eigenvalue weighted by Gasteiger charge is -2.30. The van der Waals surface area contributed by atoms with Crippen molar-refractivity contribution in [2.75, 3.05) is 13.1 Å². The van der Waals surface area contributed by atoms with Crippen LogP contribution in [0.4, 0.5) is 0 Å². The molecule has 0 spiro atoms. The van der Waals surface area contributed by atoms with Crippen molar-refractivity contribution in [3.05, 3.63) is 29.3 Å². The number of hydrogen-bond acceptors (Lipinski definition) is 4. The zero-order valence-corrected chi connectivity index (χ0v) is 17.9. The molecule has 3 aliphatic heterocycles. The lowest BCUT2D eigenvalue weighted by atomic mass is 9.99. The van der Waals surface area contributed by atoms with Crippen molar-refractivity contribution in [2.45, 2.75) is 74.9 Å². The van der Waals surface area contributed by atoms with E-state index in [9.17, 15) is 13.2 Å². The van der Waals surface area contributed by atoms with Crippen molar-refractivity contribution < 1.29 is 13.2 Å². The first-order chi connectivity index (χ1) is 12.9. The fourth-order valence-corrected chi connectivity index (χ4v) is 6.48. The van der Waals surface area contributed by atoms with Crippen molar-refractivity contribution in [3.63, 3.8) is 0 Å². The molecule has 2 bridgehead atoms. The molecule has 2 unspecified atom stereocenters. The van der Waals surface area contributed by atoms with Crippen LogP contribution in [-0.2, 0) is 10.0 Å². The van der Waals surface area contributed by atoms with E-state index in [2.05, 4.69) is 10.6 Å². The molecular weight excluding hydrogens is 398 g/mol. The van der Waals surface area contributed by atoms with Crippen LogP contribution in [0.1, 0.15) is 60.9 Å². The zero-order chi connectivity index (χ0) is 19.0. The van der Waals surface area contributed by atoms with Crippen molar-refractivity contribution in [3.8, 4) is 0 Å². The molecule has 0 saturated carbocycles. The number of benzene rings is 1. The van der Waals surface area contributed by atoms with E-state index in [1.54, 1.807) is 29.4 Å². The number of nitrogens with zero attached hydrogens (tertiary/aromatic N) is 1. The van der Waals surface area contributed by atoms with Gasteiger partial charge in [0.2, 0.25) is 10.0 Å². The molecule has 4 rings (SSSR count). The van der Waals surface area contributed by atoms with E-state index >= 15 is 0 Å². The summed E-state index contributed by atoms with van der Waals surface area (Å²) in [5, 5.41) is 6.70. The fraction of sp³-hybridized carbons (Fsp3) is 0.650. The van der Waals surface area contributed by atoms with E-state index in [0.29, 0.717) is 36.3 Å². The van der Waals surface area contributed by atoms with Gasteiger partial charge in [-0.3, -0.25) is 4.79 Å². The Labute approximate surface area is 173 Å². The maximum atomic E-state index is 13.1. The highest BCUT2D eigenvalue weighted by molar-refractivity contribution is 7.89. The fourth-order valence-electron chi connectivity index (χ4n) is 4.71. The van der Waals surface area contributed by atoms with E-state index in [1.165, 1.54) is 12.8 Å². The smallest absolute Gasteiger partial charge is 0.251 e. The molecule has 0 radical (unpaired) electrons. The average Bonchev–Trinajstić information content (AvgIpc) is 3.01. The summed E-state index contributed by atoms with van der Waals surface area (Å²) in [7, 11) is -3.55. The van der Waals surface area contributed by atoms with Crippen LogP contribution in [0.25, 0.3) is 0 Å².